The highest BCUT2D eigenvalue weighted by Crippen LogP contribution is 2.28. The van der Waals surface area contributed by atoms with Crippen LogP contribution in [0.15, 0.2) is 39.7 Å². The van der Waals surface area contributed by atoms with E-state index < -0.39 is 17.5 Å². The van der Waals surface area contributed by atoms with E-state index in [-0.39, 0.29) is 11.1 Å². The summed E-state index contributed by atoms with van der Waals surface area (Å²) in [6, 6.07) is 7.71. The van der Waals surface area contributed by atoms with Gasteiger partial charge in [0.05, 0.1) is 6.10 Å². The number of aliphatic hydroxyl groups is 1. The van der Waals surface area contributed by atoms with E-state index in [1.54, 1.807) is 4.57 Å². The largest absolute Gasteiger partial charge is 0.477 e. The lowest BCUT2D eigenvalue weighted by Crippen LogP contribution is -2.30. The monoisotopic (exact) mass is 377 g/mol. The molecule has 120 valence electrons. The molecule has 0 spiro atoms. The Balaban J connectivity index is 2.13. The van der Waals surface area contributed by atoms with Gasteiger partial charge in [-0.15, -0.1) is 0 Å². The normalized spacial score (nSPS) is 16.9. The molecule has 1 heterocycles. The van der Waals surface area contributed by atoms with Crippen LogP contribution in [0.1, 0.15) is 46.1 Å². The van der Waals surface area contributed by atoms with Gasteiger partial charge in [-0.05, 0) is 37.0 Å². The summed E-state index contributed by atoms with van der Waals surface area (Å²) in [6.45, 7) is 0.461. The first-order valence-electron chi connectivity index (χ1n) is 7.39. The van der Waals surface area contributed by atoms with Gasteiger partial charge in [0.1, 0.15) is 5.56 Å². The quantitative estimate of drug-likeness (QED) is 0.861. The van der Waals surface area contributed by atoms with Crippen molar-refractivity contribution in [2.24, 2.45) is 0 Å². The van der Waals surface area contributed by atoms with E-state index in [9.17, 15) is 19.8 Å². The highest BCUT2D eigenvalue weighted by molar-refractivity contribution is 9.10. The maximum absolute atomic E-state index is 12.4. The van der Waals surface area contributed by atoms with Crippen molar-refractivity contribution in [3.63, 3.8) is 0 Å². The Morgan fingerprint density at radius 2 is 2.00 bits per heavy atom. The summed E-state index contributed by atoms with van der Waals surface area (Å²) in [4.78, 5) is 23.7. The number of pyridine rings is 1. The number of carboxylic acid groups (broad SMARTS) is 1. The van der Waals surface area contributed by atoms with Crippen LogP contribution < -0.4 is 5.43 Å². The van der Waals surface area contributed by atoms with Crippen LogP contribution >= 0.6 is 15.9 Å². The summed E-state index contributed by atoms with van der Waals surface area (Å²) in [5.74, 6) is -1.26. The molecule has 1 aliphatic rings. The third-order valence-corrected chi connectivity index (χ3v) is 4.68. The summed E-state index contributed by atoms with van der Waals surface area (Å²) in [5.41, 5.74) is 1.12. The van der Waals surface area contributed by atoms with Crippen molar-refractivity contribution in [3.8, 4) is 0 Å². The first-order valence-corrected chi connectivity index (χ1v) is 8.18. The smallest absolute Gasteiger partial charge is 0.341 e. The van der Waals surface area contributed by atoms with Crippen molar-refractivity contribution < 1.29 is 15.0 Å². The Morgan fingerprint density at radius 1 is 1.30 bits per heavy atom. The van der Waals surface area contributed by atoms with E-state index in [1.165, 1.54) is 6.20 Å². The van der Waals surface area contributed by atoms with Crippen molar-refractivity contribution in [3.05, 3.63) is 67.5 Å². The Kier molecular flexibility index (Phi) is 4.37. The molecule has 2 aromatic rings. The highest BCUT2D eigenvalue weighted by Gasteiger charge is 2.27. The van der Waals surface area contributed by atoms with Gasteiger partial charge in [-0.2, -0.15) is 0 Å². The fourth-order valence-electron chi connectivity index (χ4n) is 3.03. The topological polar surface area (TPSA) is 79.5 Å². The van der Waals surface area contributed by atoms with Crippen LogP contribution in [0, 0.1) is 0 Å². The lowest BCUT2D eigenvalue weighted by atomic mass is 9.91. The fraction of sp³-hybridized carbons (Fsp3) is 0.294. The van der Waals surface area contributed by atoms with Crippen molar-refractivity contribution in [2.75, 3.05) is 0 Å². The van der Waals surface area contributed by atoms with Crippen LogP contribution in [0.5, 0.6) is 0 Å². The number of rotatable bonds is 3. The molecular weight excluding hydrogens is 362 g/mol. The van der Waals surface area contributed by atoms with Crippen molar-refractivity contribution in [1.82, 2.24) is 4.57 Å². The highest BCUT2D eigenvalue weighted by atomic mass is 79.9. The number of benzene rings is 1. The fourth-order valence-corrected chi connectivity index (χ4v) is 3.30. The number of halogens is 1. The molecule has 0 bridgehead atoms. The first kappa shape index (κ1) is 16.0. The molecule has 3 rings (SSSR count). The number of hydrogen-bond donors (Lipinski definition) is 2. The Morgan fingerprint density at radius 3 is 2.65 bits per heavy atom. The minimum atomic E-state index is -1.26. The molecule has 0 fully saturated rings. The number of fused-ring (bicyclic) bond motifs is 1. The second-order valence-corrected chi connectivity index (χ2v) is 6.62. The second kappa shape index (κ2) is 6.29. The van der Waals surface area contributed by atoms with E-state index in [2.05, 4.69) is 15.9 Å². The van der Waals surface area contributed by atoms with Crippen molar-refractivity contribution >= 4 is 21.9 Å². The van der Waals surface area contributed by atoms with Crippen molar-refractivity contribution in [2.45, 2.75) is 31.9 Å². The molecule has 0 amide bonds. The summed E-state index contributed by atoms with van der Waals surface area (Å²) >= 11 is 3.38. The van der Waals surface area contributed by atoms with E-state index in [1.807, 2.05) is 24.3 Å². The first-order chi connectivity index (χ1) is 11.0. The van der Waals surface area contributed by atoms with Crippen LogP contribution in [0.25, 0.3) is 0 Å². The molecule has 1 unspecified atom stereocenters. The molecule has 0 radical (unpaired) electrons. The number of hydrogen-bond acceptors (Lipinski definition) is 3. The van der Waals surface area contributed by atoms with Crippen LogP contribution in [0.2, 0.25) is 0 Å². The van der Waals surface area contributed by atoms with Crippen LogP contribution in [-0.4, -0.2) is 20.7 Å². The average molecular weight is 378 g/mol. The number of carboxylic acids is 1. The number of aliphatic hydroxyl groups excluding tert-OH is 1. The molecule has 1 aromatic heterocycles. The molecule has 2 N–H and O–H groups in total. The second-order valence-electron chi connectivity index (χ2n) is 5.70. The van der Waals surface area contributed by atoms with Crippen LogP contribution in [-0.2, 0) is 13.0 Å². The molecular formula is C17H16BrNO4. The van der Waals surface area contributed by atoms with Gasteiger partial charge in [-0.1, -0.05) is 28.1 Å². The Labute approximate surface area is 141 Å². The average Bonchev–Trinajstić information content (AvgIpc) is 2.51. The van der Waals surface area contributed by atoms with Gasteiger partial charge in [0.15, 0.2) is 0 Å². The van der Waals surface area contributed by atoms with Gasteiger partial charge < -0.3 is 14.8 Å². The lowest BCUT2D eigenvalue weighted by Gasteiger charge is -2.25. The summed E-state index contributed by atoms with van der Waals surface area (Å²) in [7, 11) is 0. The molecule has 6 heteroatoms. The van der Waals surface area contributed by atoms with Gasteiger partial charge in [-0.25, -0.2) is 4.79 Å². The van der Waals surface area contributed by atoms with Gasteiger partial charge in [0.2, 0.25) is 5.43 Å². The molecule has 23 heavy (non-hydrogen) atoms. The number of aromatic nitrogens is 1. The maximum atomic E-state index is 12.4. The standard InChI is InChI=1S/C17H16BrNO4/c18-11-6-4-10(5-7-11)8-19-9-12(17(22)23)16(21)15-13(19)2-1-3-14(15)20/h4-7,9,14,20H,1-3,8H2,(H,22,23). The zero-order valence-electron chi connectivity index (χ0n) is 12.3. The van der Waals surface area contributed by atoms with Crippen molar-refractivity contribution in [1.29, 1.82) is 0 Å². The minimum Gasteiger partial charge on any atom is -0.477 e. The molecule has 5 nitrogen and oxygen atoms in total. The Bertz CT molecular complexity index is 811. The predicted octanol–water partition coefficient (Wildman–Crippen LogP) is 2.73. The molecule has 0 aliphatic heterocycles. The maximum Gasteiger partial charge on any atom is 0.341 e. The SMILES string of the molecule is O=C(O)c1cn(Cc2ccc(Br)cc2)c2c(c1=O)C(O)CCC2. The lowest BCUT2D eigenvalue weighted by molar-refractivity contribution is 0.0693. The predicted molar refractivity (Wildman–Crippen MR) is 88.8 cm³/mol. The number of aromatic carboxylic acids is 1. The molecule has 1 aliphatic carbocycles. The molecule has 1 aromatic carbocycles. The van der Waals surface area contributed by atoms with Gasteiger partial charge in [0.25, 0.3) is 0 Å². The van der Waals surface area contributed by atoms with Gasteiger partial charge >= 0.3 is 5.97 Å². The van der Waals surface area contributed by atoms with Gasteiger partial charge in [-0.3, -0.25) is 4.79 Å². The van der Waals surface area contributed by atoms with E-state index in [4.69, 9.17) is 0 Å². The summed E-state index contributed by atoms with van der Waals surface area (Å²) in [6.07, 6.45) is 2.44. The Hall–Kier alpha value is -1.92. The van der Waals surface area contributed by atoms with Gasteiger partial charge in [0, 0.05) is 28.5 Å². The molecule has 0 saturated carbocycles. The van der Waals surface area contributed by atoms with E-state index in [0.29, 0.717) is 19.4 Å². The third kappa shape index (κ3) is 3.09. The summed E-state index contributed by atoms with van der Waals surface area (Å²) < 4.78 is 2.75. The molecule has 0 saturated heterocycles. The van der Waals surface area contributed by atoms with E-state index in [0.717, 1.165) is 22.2 Å². The molecule has 1 atom stereocenters. The third-order valence-electron chi connectivity index (χ3n) is 4.15. The summed E-state index contributed by atoms with van der Waals surface area (Å²) in [5, 5.41) is 19.4. The zero-order valence-corrected chi connectivity index (χ0v) is 13.9. The van der Waals surface area contributed by atoms with Crippen LogP contribution in [0.3, 0.4) is 0 Å². The van der Waals surface area contributed by atoms with E-state index >= 15 is 0 Å². The number of carbonyl (C=O) groups is 1. The number of nitrogens with zero attached hydrogens (tertiary/aromatic N) is 1. The minimum absolute atomic E-state index is 0.244. The zero-order chi connectivity index (χ0) is 16.6. The van der Waals surface area contributed by atoms with Crippen LogP contribution in [0.4, 0.5) is 0 Å².